The van der Waals surface area contributed by atoms with Gasteiger partial charge in [-0.2, -0.15) is 13.2 Å². The Morgan fingerprint density at radius 3 is 2.55 bits per heavy atom. The Labute approximate surface area is 60.3 Å². The van der Waals surface area contributed by atoms with Crippen molar-refractivity contribution < 1.29 is 18.0 Å². The summed E-state index contributed by atoms with van der Waals surface area (Å²) < 4.78 is 35.2. The molecule has 0 aromatic carbocycles. The van der Waals surface area contributed by atoms with Crippen molar-refractivity contribution in [3.63, 3.8) is 0 Å². The van der Waals surface area contributed by atoms with Gasteiger partial charge in [-0.05, 0) is 0 Å². The largest absolute Gasteiger partial charge is 0.498 e. The molecule has 1 heterocycles. The molecular weight excluding hydrogens is 161 g/mol. The van der Waals surface area contributed by atoms with E-state index in [-0.39, 0.29) is 6.54 Å². The first kappa shape index (κ1) is 8.03. The first-order chi connectivity index (χ1) is 5.00. The van der Waals surface area contributed by atoms with Gasteiger partial charge in [0.1, 0.15) is 6.54 Å². The number of carbonyl (C=O) groups excluding carboxylic acids is 1. The zero-order valence-electron chi connectivity index (χ0n) is 5.20. The topological polar surface area (TPSA) is 43.2 Å². The predicted molar refractivity (Wildman–Crippen MR) is 29.4 cm³/mol. The van der Waals surface area contributed by atoms with E-state index in [2.05, 4.69) is 4.99 Å². The molecule has 3 nitrogen and oxygen atoms in total. The summed E-state index contributed by atoms with van der Waals surface area (Å²) in [4.78, 5) is 13.0. The third-order valence-electron chi connectivity index (χ3n) is 0.977. The third kappa shape index (κ3) is 1.92. The fourth-order valence-electron chi connectivity index (χ4n) is 0.548. The minimum Gasteiger partial charge on any atom is -0.265 e. The van der Waals surface area contributed by atoms with Gasteiger partial charge in [0.15, 0.2) is 6.42 Å². The molecule has 11 heavy (non-hydrogen) atoms. The first-order valence-electron chi connectivity index (χ1n) is 2.68. The van der Waals surface area contributed by atoms with Gasteiger partial charge in [-0.3, -0.25) is 5.32 Å². The van der Waals surface area contributed by atoms with Crippen molar-refractivity contribution in [1.82, 2.24) is 10.3 Å². The van der Waals surface area contributed by atoms with Crippen LogP contribution in [-0.4, -0.2) is 24.5 Å². The molecule has 59 valence electrons. The zero-order valence-corrected chi connectivity index (χ0v) is 5.20. The molecule has 6 heteroatoms. The monoisotopic (exact) mass is 164 g/mol. The van der Waals surface area contributed by atoms with Crippen LogP contribution < -0.4 is 10.3 Å². The summed E-state index contributed by atoms with van der Waals surface area (Å²) in [5, 5.41) is 1.88. The van der Waals surface area contributed by atoms with Gasteiger partial charge in [0.05, 0.1) is 0 Å². The van der Waals surface area contributed by atoms with Crippen molar-refractivity contribution in [3.05, 3.63) is 6.42 Å². The van der Waals surface area contributed by atoms with Gasteiger partial charge >= 0.3 is 17.9 Å². The zero-order chi connectivity index (χ0) is 8.48. The van der Waals surface area contributed by atoms with Crippen LogP contribution in [0.2, 0.25) is 0 Å². The average molecular weight is 164 g/mol. The van der Waals surface area contributed by atoms with Crippen LogP contribution in [0.25, 0.3) is 0 Å². The van der Waals surface area contributed by atoms with Gasteiger partial charge in [0.25, 0.3) is 0 Å². The van der Waals surface area contributed by atoms with E-state index in [4.69, 9.17) is 0 Å². The molecule has 1 rings (SSSR count). The van der Waals surface area contributed by atoms with Crippen LogP contribution in [0.3, 0.4) is 0 Å². The molecule has 0 saturated carbocycles. The molecule has 0 spiro atoms. The van der Waals surface area contributed by atoms with Crippen molar-refractivity contribution in [3.8, 4) is 0 Å². The van der Waals surface area contributed by atoms with Gasteiger partial charge in [0.2, 0.25) is 0 Å². The van der Waals surface area contributed by atoms with Gasteiger partial charge < -0.3 is 0 Å². The van der Waals surface area contributed by atoms with Crippen molar-refractivity contribution in [2.45, 2.75) is 6.18 Å². The Morgan fingerprint density at radius 1 is 1.55 bits per heavy atom. The molecule has 3 radical (unpaired) electrons. The quantitative estimate of drug-likeness (QED) is 0.524. The SMILES string of the molecule is O=C1[C]CNC(C(F)(F)F)=[N+]1. The van der Waals surface area contributed by atoms with Gasteiger partial charge in [-0.25, -0.2) is 4.79 Å². The number of amides is 1. The number of hydrogen-bond donors (Lipinski definition) is 1. The molecule has 0 fully saturated rings. The highest BCUT2D eigenvalue weighted by atomic mass is 19.4. The van der Waals surface area contributed by atoms with Crippen LogP contribution in [0.15, 0.2) is 0 Å². The second-order valence-electron chi connectivity index (χ2n) is 1.79. The summed E-state index contributed by atoms with van der Waals surface area (Å²) >= 11 is 0. The third-order valence-corrected chi connectivity index (χ3v) is 0.977. The molecule has 0 aromatic rings. The van der Waals surface area contributed by atoms with Gasteiger partial charge in [0, 0.05) is 4.99 Å². The number of rotatable bonds is 0. The van der Waals surface area contributed by atoms with Crippen LogP contribution in [0.4, 0.5) is 13.2 Å². The van der Waals surface area contributed by atoms with Crippen LogP contribution >= 0.6 is 0 Å². The van der Waals surface area contributed by atoms with Crippen molar-refractivity contribution >= 4 is 11.7 Å². The maximum absolute atomic E-state index is 11.7. The van der Waals surface area contributed by atoms with Gasteiger partial charge in [-0.1, -0.05) is 0 Å². The van der Waals surface area contributed by atoms with Crippen LogP contribution in [0, 0.1) is 6.42 Å². The molecule has 1 aliphatic heterocycles. The standard InChI is InChI=1S/C5H3F3N2O/c6-5(7,8)4-9-2-1-3(11)10-4/h9H,2H2/q+1. The Balaban J connectivity index is 2.79. The van der Waals surface area contributed by atoms with Crippen molar-refractivity contribution in [2.75, 3.05) is 6.54 Å². The summed E-state index contributed by atoms with van der Waals surface area (Å²) in [7, 11) is 0. The second kappa shape index (κ2) is 2.52. The Kier molecular flexibility index (Phi) is 1.84. The first-order valence-corrected chi connectivity index (χ1v) is 2.68. The number of halogens is 3. The lowest BCUT2D eigenvalue weighted by Gasteiger charge is -2.05. The molecule has 0 aromatic heterocycles. The maximum Gasteiger partial charge on any atom is 0.498 e. The van der Waals surface area contributed by atoms with E-state index in [1.54, 1.807) is 0 Å². The molecule has 0 atom stereocenters. The fraction of sp³-hybridized carbons (Fsp3) is 0.400. The molecule has 0 unspecified atom stereocenters. The minimum absolute atomic E-state index is 0.239. The predicted octanol–water partition coefficient (Wildman–Crippen LogP) is -0.506. The lowest BCUT2D eigenvalue weighted by atomic mass is 10.3. The number of alkyl halides is 3. The van der Waals surface area contributed by atoms with E-state index >= 15 is 0 Å². The molecule has 1 aliphatic rings. The molecule has 0 aliphatic carbocycles. The van der Waals surface area contributed by atoms with E-state index in [9.17, 15) is 18.0 Å². The molecule has 1 N–H and O–H groups in total. The second-order valence-corrected chi connectivity index (χ2v) is 1.79. The number of nitrogens with zero attached hydrogens (tertiary/aromatic N) is 1. The number of nitrogens with one attached hydrogen (secondary N) is 1. The number of amidine groups is 1. The van der Waals surface area contributed by atoms with E-state index in [0.717, 1.165) is 0 Å². The van der Waals surface area contributed by atoms with E-state index in [1.165, 1.54) is 0 Å². The average Bonchev–Trinajstić information content (AvgIpc) is 1.86. The minimum atomic E-state index is -4.57. The lowest BCUT2D eigenvalue weighted by Crippen LogP contribution is -2.46. The molecule has 0 saturated heterocycles. The summed E-state index contributed by atoms with van der Waals surface area (Å²) in [5.41, 5.74) is 0. The molecule has 0 bridgehead atoms. The molecular formula is C5H3F3N2O+. The van der Waals surface area contributed by atoms with Gasteiger partial charge in [-0.15, -0.1) is 0 Å². The summed E-state index contributed by atoms with van der Waals surface area (Å²) in [6.07, 6.45) is -2.53. The number of aliphatic imine (C=N–C) groups is 1. The normalized spacial score (nSPS) is 19.2. The van der Waals surface area contributed by atoms with E-state index < -0.39 is 17.9 Å². The van der Waals surface area contributed by atoms with Crippen LogP contribution in [0.1, 0.15) is 0 Å². The van der Waals surface area contributed by atoms with Crippen molar-refractivity contribution in [1.29, 1.82) is 0 Å². The Bertz CT molecular complexity index is 208. The summed E-state index contributed by atoms with van der Waals surface area (Å²) in [5.74, 6) is -2.22. The number of carbonyl (C=O) groups is 1. The lowest BCUT2D eigenvalue weighted by molar-refractivity contribution is -0.117. The Hall–Kier alpha value is -1.07. The smallest absolute Gasteiger partial charge is 0.265 e. The summed E-state index contributed by atoms with van der Waals surface area (Å²) in [6.45, 7) is -0.239. The number of hydrogen-bond acceptors (Lipinski definition) is 2. The molecule has 1 amide bonds. The summed E-state index contributed by atoms with van der Waals surface area (Å²) in [6, 6.07) is 0. The van der Waals surface area contributed by atoms with Crippen molar-refractivity contribution in [2.24, 2.45) is 0 Å². The maximum atomic E-state index is 11.7. The van der Waals surface area contributed by atoms with E-state index in [1.807, 2.05) is 11.7 Å². The Morgan fingerprint density at radius 2 is 2.18 bits per heavy atom. The highest BCUT2D eigenvalue weighted by Crippen LogP contribution is 2.14. The highest BCUT2D eigenvalue weighted by molar-refractivity contribution is 6.00. The fourth-order valence-corrected chi connectivity index (χ4v) is 0.548. The van der Waals surface area contributed by atoms with Crippen LogP contribution in [-0.2, 0) is 4.79 Å². The van der Waals surface area contributed by atoms with E-state index in [0.29, 0.717) is 0 Å². The highest BCUT2D eigenvalue weighted by Gasteiger charge is 2.46. The van der Waals surface area contributed by atoms with Crippen LogP contribution in [0.5, 0.6) is 0 Å².